The third kappa shape index (κ3) is 11.3. The summed E-state index contributed by atoms with van der Waals surface area (Å²) in [5, 5.41) is 24.3. The minimum absolute atomic E-state index is 0. The first-order chi connectivity index (χ1) is 21.3. The van der Waals surface area contributed by atoms with E-state index in [0.717, 1.165) is 43.5 Å². The molecule has 4 heterocycles. The first kappa shape index (κ1) is 39.0. The molecule has 4 amide bonds. The molecule has 4 rings (SSSR count). The molecular weight excluding hydrogens is 615 g/mol. The number of guanidine groups is 1. The molecule has 0 aromatic rings. The van der Waals surface area contributed by atoms with Crippen LogP contribution in [0.3, 0.4) is 0 Å². The van der Waals surface area contributed by atoms with Crippen LogP contribution in [0.5, 0.6) is 0 Å². The second-order valence-corrected chi connectivity index (χ2v) is 12.1. The fourth-order valence-corrected chi connectivity index (χ4v) is 6.54. The standard InChI is InChI=1S/C27H45N7O5.CHF3O2.CH4/c28-26(29)33-13-7-8-20(19-33)18-21-23(25(37)38)34(24(21)36)27(39)32-16-14-31(15-17-32)22(35)9-3-1-4-10-30-11-5-2-6-12-30;2-1(3,4)6-5;/h20-21,23H,1-19H2,(H3,28,29)(H,37,38);5H;1H4/t20?,21-,23?;;/m1../s1. The van der Waals surface area contributed by atoms with E-state index in [4.69, 9.17) is 16.4 Å². The Hall–Kier alpha value is -3.18. The maximum Gasteiger partial charge on any atom is 0.549 e. The predicted molar refractivity (Wildman–Crippen MR) is 161 cm³/mol. The molecule has 4 aliphatic heterocycles. The Labute approximate surface area is 268 Å². The molecule has 264 valence electrons. The average Bonchev–Trinajstić information content (AvgIpc) is 3.02. The van der Waals surface area contributed by atoms with E-state index in [-0.39, 0.29) is 38.3 Å². The number of carboxylic acids is 1. The van der Waals surface area contributed by atoms with Crippen LogP contribution in [0, 0.1) is 17.2 Å². The van der Waals surface area contributed by atoms with Gasteiger partial charge in [-0.2, -0.15) is 0 Å². The maximum absolute atomic E-state index is 13.1. The Balaban J connectivity index is 0.000000960. The van der Waals surface area contributed by atoms with Crippen LogP contribution in [0.15, 0.2) is 0 Å². The minimum atomic E-state index is -4.90. The van der Waals surface area contributed by atoms with Crippen molar-refractivity contribution in [3.63, 3.8) is 0 Å². The van der Waals surface area contributed by atoms with Crippen LogP contribution in [-0.4, -0.2) is 136 Å². The van der Waals surface area contributed by atoms with Crippen molar-refractivity contribution >= 4 is 29.8 Å². The zero-order valence-corrected chi connectivity index (χ0v) is 25.6. The molecule has 0 spiro atoms. The van der Waals surface area contributed by atoms with E-state index in [9.17, 15) is 37.5 Å². The number of aliphatic carboxylic acids is 1. The molecule has 4 aliphatic rings. The average molecular weight is 666 g/mol. The number of urea groups is 1. The summed E-state index contributed by atoms with van der Waals surface area (Å²) in [5.74, 6) is -2.25. The quantitative estimate of drug-likeness (QED) is 0.0713. The number of carbonyl (C=O) groups excluding carboxylic acids is 3. The Morgan fingerprint density at radius 3 is 2.09 bits per heavy atom. The number of unbranched alkanes of at least 4 members (excludes halogenated alkanes) is 2. The van der Waals surface area contributed by atoms with Gasteiger partial charge in [-0.1, -0.05) is 20.3 Å². The normalized spacial score (nSPS) is 23.9. The monoisotopic (exact) mass is 665 g/mol. The number of piperidine rings is 2. The van der Waals surface area contributed by atoms with E-state index in [1.165, 1.54) is 37.3 Å². The Morgan fingerprint density at radius 1 is 0.913 bits per heavy atom. The highest BCUT2D eigenvalue weighted by Crippen LogP contribution is 2.36. The van der Waals surface area contributed by atoms with E-state index in [0.29, 0.717) is 39.0 Å². The number of hydrogen-bond acceptors (Lipinski definition) is 8. The molecule has 0 bridgehead atoms. The topological polar surface area (TPSA) is 184 Å². The molecule has 0 aliphatic carbocycles. The van der Waals surface area contributed by atoms with Crippen LogP contribution in [-0.2, 0) is 19.3 Å². The molecule has 4 saturated heterocycles. The van der Waals surface area contributed by atoms with Crippen molar-refractivity contribution in [1.82, 2.24) is 24.5 Å². The molecule has 3 atom stereocenters. The van der Waals surface area contributed by atoms with Gasteiger partial charge in [0.25, 0.3) is 0 Å². The molecule has 0 aromatic carbocycles. The number of alkyl halides is 3. The third-order valence-electron chi connectivity index (χ3n) is 8.94. The van der Waals surface area contributed by atoms with Gasteiger partial charge in [0, 0.05) is 45.7 Å². The van der Waals surface area contributed by atoms with E-state index >= 15 is 0 Å². The fourth-order valence-electron chi connectivity index (χ4n) is 6.54. The minimum Gasteiger partial charge on any atom is -0.480 e. The fraction of sp³-hybridized carbons (Fsp3) is 0.828. The third-order valence-corrected chi connectivity index (χ3v) is 8.94. The van der Waals surface area contributed by atoms with Crippen molar-refractivity contribution in [2.75, 3.05) is 58.9 Å². The van der Waals surface area contributed by atoms with Crippen molar-refractivity contribution in [3.05, 3.63) is 0 Å². The van der Waals surface area contributed by atoms with E-state index in [1.54, 1.807) is 9.80 Å². The smallest absolute Gasteiger partial charge is 0.480 e. The molecular formula is C29H50F3N7O7. The van der Waals surface area contributed by atoms with Gasteiger partial charge in [0.2, 0.25) is 11.8 Å². The maximum atomic E-state index is 13.1. The van der Waals surface area contributed by atoms with Gasteiger partial charge in [0.1, 0.15) is 0 Å². The summed E-state index contributed by atoms with van der Waals surface area (Å²) < 4.78 is 30.9. The van der Waals surface area contributed by atoms with Gasteiger partial charge in [-0.3, -0.25) is 15.0 Å². The summed E-state index contributed by atoms with van der Waals surface area (Å²) in [7, 11) is 0. The summed E-state index contributed by atoms with van der Waals surface area (Å²) in [4.78, 5) is 61.2. The number of halogens is 3. The highest BCUT2D eigenvalue weighted by molar-refractivity contribution is 6.07. The van der Waals surface area contributed by atoms with Gasteiger partial charge in [0.15, 0.2) is 12.0 Å². The number of nitrogens with two attached hydrogens (primary N) is 1. The van der Waals surface area contributed by atoms with Crippen molar-refractivity contribution in [2.24, 2.45) is 17.6 Å². The number of nitrogens with one attached hydrogen (secondary N) is 1. The van der Waals surface area contributed by atoms with Crippen LogP contribution >= 0.6 is 0 Å². The van der Waals surface area contributed by atoms with Gasteiger partial charge < -0.3 is 30.4 Å². The SMILES string of the molecule is C.N=C(N)N1CCCC(C[C@H]2C(=O)N(C(=O)N3CCN(C(=O)CCCCCN4CCCCC4)CC3)C2C(=O)O)C1.OOC(F)(F)F. The lowest BCUT2D eigenvalue weighted by Crippen LogP contribution is -2.70. The second-order valence-electron chi connectivity index (χ2n) is 12.1. The number of rotatable bonds is 9. The van der Waals surface area contributed by atoms with Crippen molar-refractivity contribution in [3.8, 4) is 0 Å². The second kappa shape index (κ2) is 18.2. The van der Waals surface area contributed by atoms with Crippen LogP contribution in [0.4, 0.5) is 18.0 Å². The van der Waals surface area contributed by atoms with E-state index in [2.05, 4.69) is 4.90 Å². The number of nitrogens with zero attached hydrogens (tertiary/aromatic N) is 5. The Kier molecular flexibility index (Phi) is 15.5. The molecule has 2 unspecified atom stereocenters. The summed E-state index contributed by atoms with van der Waals surface area (Å²) in [6, 6.07) is -1.76. The van der Waals surface area contributed by atoms with Crippen molar-refractivity contribution in [1.29, 1.82) is 5.41 Å². The molecule has 46 heavy (non-hydrogen) atoms. The summed E-state index contributed by atoms with van der Waals surface area (Å²) in [6.07, 6.45) is 4.55. The van der Waals surface area contributed by atoms with E-state index in [1.807, 2.05) is 4.89 Å². The number of likely N-dealkylation sites (tertiary alicyclic amines) is 3. The largest absolute Gasteiger partial charge is 0.549 e. The van der Waals surface area contributed by atoms with Gasteiger partial charge in [-0.25, -0.2) is 19.7 Å². The molecule has 4 fully saturated rings. The van der Waals surface area contributed by atoms with Crippen molar-refractivity contribution in [2.45, 2.75) is 84.0 Å². The van der Waals surface area contributed by atoms with Gasteiger partial charge in [-0.15, -0.1) is 18.1 Å². The van der Waals surface area contributed by atoms with E-state index < -0.39 is 36.2 Å². The number of piperazine rings is 1. The zero-order valence-electron chi connectivity index (χ0n) is 25.6. The number of amides is 4. The molecule has 17 heteroatoms. The lowest BCUT2D eigenvalue weighted by molar-refractivity contribution is -0.464. The molecule has 0 saturated carbocycles. The summed E-state index contributed by atoms with van der Waals surface area (Å²) in [5.41, 5.74) is 5.61. The molecule has 14 nitrogen and oxygen atoms in total. The first-order valence-corrected chi connectivity index (χ1v) is 15.7. The number of carbonyl (C=O) groups is 4. The van der Waals surface area contributed by atoms with Crippen LogP contribution in [0.25, 0.3) is 0 Å². The van der Waals surface area contributed by atoms with Crippen molar-refractivity contribution < 1.29 is 47.6 Å². The Bertz CT molecular complexity index is 1040. The number of imide groups is 1. The lowest BCUT2D eigenvalue weighted by atomic mass is 9.78. The number of hydrogen-bond donors (Lipinski definition) is 4. The van der Waals surface area contributed by atoms with Gasteiger partial charge in [-0.05, 0) is 70.5 Å². The summed E-state index contributed by atoms with van der Waals surface area (Å²) in [6.45, 7) is 6.07. The van der Waals surface area contributed by atoms with Gasteiger partial charge >= 0.3 is 18.4 Å². The predicted octanol–water partition coefficient (Wildman–Crippen LogP) is 2.84. The molecule has 0 radical (unpaired) electrons. The van der Waals surface area contributed by atoms with Crippen LogP contribution in [0.2, 0.25) is 0 Å². The molecule has 0 aromatic heterocycles. The highest BCUT2D eigenvalue weighted by atomic mass is 19.4. The number of β-lactam (4-membered cyclic amide) rings is 1. The van der Waals surface area contributed by atoms with Crippen LogP contribution < -0.4 is 5.73 Å². The summed E-state index contributed by atoms with van der Waals surface area (Å²) >= 11 is 0. The zero-order chi connectivity index (χ0) is 33.1. The first-order valence-electron chi connectivity index (χ1n) is 15.7. The van der Waals surface area contributed by atoms with Gasteiger partial charge in [0.05, 0.1) is 5.92 Å². The van der Waals surface area contributed by atoms with Crippen LogP contribution in [0.1, 0.15) is 71.6 Å². The Morgan fingerprint density at radius 2 is 1.52 bits per heavy atom. The number of carboxylic acid groups (broad SMARTS) is 1. The highest BCUT2D eigenvalue weighted by Gasteiger charge is 2.56. The lowest BCUT2D eigenvalue weighted by Gasteiger charge is -2.47. The molecule has 5 N–H and O–H groups in total.